The average Bonchev–Trinajstić information content (AvgIpc) is 2.60. The van der Waals surface area contributed by atoms with Gasteiger partial charge in [0.25, 0.3) is 0 Å². The summed E-state index contributed by atoms with van der Waals surface area (Å²) in [7, 11) is 4.49. The van der Waals surface area contributed by atoms with Crippen LogP contribution in [0.4, 0.5) is 0 Å². The summed E-state index contributed by atoms with van der Waals surface area (Å²) in [5.74, 6) is 1.50. The molecule has 124 valence electrons. The lowest BCUT2D eigenvalue weighted by Gasteiger charge is -2.11. The molecule has 0 amide bonds. The molecule has 0 unspecified atom stereocenters. The number of hydrogen-bond donors (Lipinski definition) is 1. The minimum atomic E-state index is -0.219. The molecule has 0 bridgehead atoms. The zero-order valence-corrected chi connectivity index (χ0v) is 13.5. The fraction of sp³-hybridized carbons (Fsp3) is 0.167. The molecule has 6 nitrogen and oxygen atoms in total. The number of benzene rings is 2. The Morgan fingerprint density at radius 1 is 0.917 bits per heavy atom. The van der Waals surface area contributed by atoms with Gasteiger partial charge in [0, 0.05) is 18.2 Å². The van der Waals surface area contributed by atoms with Crippen LogP contribution in [0.3, 0.4) is 0 Å². The molecular formula is C18H16O6. The molecular weight excluding hydrogens is 312 g/mol. The van der Waals surface area contributed by atoms with E-state index in [-0.39, 0.29) is 16.9 Å². The largest absolute Gasteiger partial charge is 0.507 e. The lowest BCUT2D eigenvalue weighted by Crippen LogP contribution is -2.01. The summed E-state index contributed by atoms with van der Waals surface area (Å²) in [5.41, 5.74) is 0.476. The van der Waals surface area contributed by atoms with Crippen LogP contribution in [-0.4, -0.2) is 26.4 Å². The average molecular weight is 328 g/mol. The van der Waals surface area contributed by atoms with Gasteiger partial charge in [-0.1, -0.05) is 0 Å². The molecule has 0 aliphatic heterocycles. The van der Waals surface area contributed by atoms with Gasteiger partial charge in [-0.25, -0.2) is 0 Å². The lowest BCUT2D eigenvalue weighted by atomic mass is 10.1. The molecule has 0 aliphatic carbocycles. The second kappa shape index (κ2) is 6.16. The highest BCUT2D eigenvalue weighted by Crippen LogP contribution is 2.39. The van der Waals surface area contributed by atoms with Gasteiger partial charge in [-0.2, -0.15) is 0 Å². The fourth-order valence-electron chi connectivity index (χ4n) is 2.46. The first-order chi connectivity index (χ1) is 11.6. The molecule has 0 atom stereocenters. The van der Waals surface area contributed by atoms with Gasteiger partial charge in [-0.3, -0.25) is 4.79 Å². The molecule has 0 fully saturated rings. The number of ether oxygens (including phenoxy) is 3. The summed E-state index contributed by atoms with van der Waals surface area (Å²) in [5, 5.41) is 10.7. The third-order valence-corrected chi connectivity index (χ3v) is 3.70. The molecule has 1 aromatic heterocycles. The van der Waals surface area contributed by atoms with E-state index in [2.05, 4.69) is 0 Å². The Hall–Kier alpha value is -3.15. The van der Waals surface area contributed by atoms with Crippen LogP contribution < -0.4 is 19.6 Å². The zero-order valence-electron chi connectivity index (χ0n) is 13.5. The number of methoxy groups -OCH3 is 3. The van der Waals surface area contributed by atoms with E-state index in [1.807, 2.05) is 0 Å². The van der Waals surface area contributed by atoms with Crippen molar-refractivity contribution in [3.63, 3.8) is 0 Å². The SMILES string of the molecule is COc1ccc2c(=O)cc(-c3cc(OC)c(OC)cc3O)oc2c1. The predicted octanol–water partition coefficient (Wildman–Crippen LogP) is 3.19. The quantitative estimate of drug-likeness (QED) is 0.792. The minimum absolute atomic E-state index is 0.0851. The van der Waals surface area contributed by atoms with Crippen LogP contribution in [0.5, 0.6) is 23.0 Å². The molecule has 24 heavy (non-hydrogen) atoms. The highest BCUT2D eigenvalue weighted by Gasteiger charge is 2.16. The molecule has 2 aromatic carbocycles. The van der Waals surface area contributed by atoms with Crippen LogP contribution in [0.15, 0.2) is 45.6 Å². The van der Waals surface area contributed by atoms with E-state index in [0.717, 1.165) is 0 Å². The molecule has 0 saturated heterocycles. The van der Waals surface area contributed by atoms with Gasteiger partial charge < -0.3 is 23.7 Å². The van der Waals surface area contributed by atoms with Crippen molar-refractivity contribution in [3.05, 3.63) is 46.6 Å². The number of fused-ring (bicyclic) bond motifs is 1. The van der Waals surface area contributed by atoms with Gasteiger partial charge in [-0.15, -0.1) is 0 Å². The topological polar surface area (TPSA) is 78.1 Å². The second-order valence-corrected chi connectivity index (χ2v) is 5.06. The molecule has 0 aliphatic rings. The Kier molecular flexibility index (Phi) is 4.04. The van der Waals surface area contributed by atoms with Crippen molar-refractivity contribution in [1.29, 1.82) is 0 Å². The predicted molar refractivity (Wildman–Crippen MR) is 89.2 cm³/mol. The number of phenolic OH excluding ortho intramolecular Hbond substituents is 1. The first-order valence-corrected chi connectivity index (χ1v) is 7.14. The van der Waals surface area contributed by atoms with Gasteiger partial charge in [0.05, 0.1) is 32.3 Å². The van der Waals surface area contributed by atoms with Gasteiger partial charge in [0.1, 0.15) is 22.8 Å². The minimum Gasteiger partial charge on any atom is -0.507 e. The van der Waals surface area contributed by atoms with E-state index in [4.69, 9.17) is 18.6 Å². The van der Waals surface area contributed by atoms with E-state index in [9.17, 15) is 9.90 Å². The van der Waals surface area contributed by atoms with Gasteiger partial charge in [0.2, 0.25) is 0 Å². The highest BCUT2D eigenvalue weighted by atomic mass is 16.5. The lowest BCUT2D eigenvalue weighted by molar-refractivity contribution is 0.351. The van der Waals surface area contributed by atoms with Crippen LogP contribution in [0.2, 0.25) is 0 Å². The third-order valence-electron chi connectivity index (χ3n) is 3.70. The maximum atomic E-state index is 12.3. The molecule has 3 rings (SSSR count). The maximum absolute atomic E-state index is 12.3. The van der Waals surface area contributed by atoms with Crippen LogP contribution in [0, 0.1) is 0 Å². The fourth-order valence-corrected chi connectivity index (χ4v) is 2.46. The van der Waals surface area contributed by atoms with Crippen molar-refractivity contribution in [2.24, 2.45) is 0 Å². The highest BCUT2D eigenvalue weighted by molar-refractivity contribution is 5.81. The summed E-state index contributed by atoms with van der Waals surface area (Å²) in [6.07, 6.45) is 0. The summed E-state index contributed by atoms with van der Waals surface area (Å²) in [6, 6.07) is 9.24. The maximum Gasteiger partial charge on any atom is 0.193 e. The normalized spacial score (nSPS) is 10.6. The van der Waals surface area contributed by atoms with Gasteiger partial charge in [0.15, 0.2) is 16.9 Å². The molecule has 6 heteroatoms. The van der Waals surface area contributed by atoms with Crippen molar-refractivity contribution >= 4 is 11.0 Å². The Bertz CT molecular complexity index is 958. The summed E-state index contributed by atoms with van der Waals surface area (Å²) in [4.78, 5) is 12.3. The molecule has 0 radical (unpaired) electrons. The Balaban J connectivity index is 2.24. The number of phenols is 1. The van der Waals surface area contributed by atoms with E-state index in [1.165, 1.54) is 33.5 Å². The Morgan fingerprint density at radius 3 is 2.29 bits per heavy atom. The molecule has 1 heterocycles. The van der Waals surface area contributed by atoms with E-state index >= 15 is 0 Å². The monoisotopic (exact) mass is 328 g/mol. The Labute approximate surface area is 137 Å². The first-order valence-electron chi connectivity index (χ1n) is 7.14. The third kappa shape index (κ3) is 2.62. The second-order valence-electron chi connectivity index (χ2n) is 5.06. The van der Waals surface area contributed by atoms with Crippen LogP contribution in [0.25, 0.3) is 22.3 Å². The molecule has 0 spiro atoms. The van der Waals surface area contributed by atoms with Crippen LogP contribution >= 0.6 is 0 Å². The standard InChI is InChI=1S/C18H16O6/c1-21-10-4-5-11-13(19)8-16(24-15(11)6-10)12-7-17(22-2)18(23-3)9-14(12)20/h4-9,20H,1-3H3. The van der Waals surface area contributed by atoms with Crippen molar-refractivity contribution in [2.45, 2.75) is 0 Å². The number of rotatable bonds is 4. The van der Waals surface area contributed by atoms with Gasteiger partial charge in [-0.05, 0) is 18.2 Å². The van der Waals surface area contributed by atoms with Crippen LogP contribution in [0.1, 0.15) is 0 Å². The first kappa shape index (κ1) is 15.7. The summed E-state index contributed by atoms with van der Waals surface area (Å²) < 4.78 is 21.3. The van der Waals surface area contributed by atoms with Crippen molar-refractivity contribution in [2.75, 3.05) is 21.3 Å². The summed E-state index contributed by atoms with van der Waals surface area (Å²) in [6.45, 7) is 0. The van der Waals surface area contributed by atoms with Crippen molar-refractivity contribution in [1.82, 2.24) is 0 Å². The zero-order chi connectivity index (χ0) is 17.3. The summed E-state index contributed by atoms with van der Waals surface area (Å²) >= 11 is 0. The number of hydrogen-bond acceptors (Lipinski definition) is 6. The Morgan fingerprint density at radius 2 is 1.62 bits per heavy atom. The van der Waals surface area contributed by atoms with Crippen molar-refractivity contribution in [3.8, 4) is 34.3 Å². The molecule has 3 aromatic rings. The van der Waals surface area contributed by atoms with Crippen molar-refractivity contribution < 1.29 is 23.7 Å². The smallest absolute Gasteiger partial charge is 0.193 e. The number of aromatic hydroxyl groups is 1. The van der Waals surface area contributed by atoms with E-state index < -0.39 is 0 Å². The molecule has 0 saturated carbocycles. The molecule has 1 N–H and O–H groups in total. The van der Waals surface area contributed by atoms with E-state index in [0.29, 0.717) is 33.8 Å². The van der Waals surface area contributed by atoms with E-state index in [1.54, 1.807) is 24.3 Å². The van der Waals surface area contributed by atoms with Crippen LogP contribution in [-0.2, 0) is 0 Å². The van der Waals surface area contributed by atoms with Gasteiger partial charge >= 0.3 is 0 Å².